The number of carbonyl (C=O) groups is 5. The Morgan fingerprint density at radius 2 is 1.46 bits per heavy atom. The molecule has 2 fully saturated rings. The molecular formula is C53H58N8O9S2. The Kier molecular flexibility index (Phi) is 15.1. The highest BCUT2D eigenvalue weighted by atomic mass is 32.1. The van der Waals surface area contributed by atoms with Crippen LogP contribution in [0, 0.1) is 19.8 Å². The minimum atomic E-state index is -1.52. The zero-order valence-corrected chi connectivity index (χ0v) is 42.1. The van der Waals surface area contributed by atoms with Gasteiger partial charge in [-0.3, -0.25) is 24.0 Å². The molecule has 17 nitrogen and oxygen atoms in total. The molecule has 72 heavy (non-hydrogen) atoms. The normalized spacial score (nSPS) is 20.5. The number of thiazole rings is 2. The fraction of sp³-hybridized carbons (Fsp3) is 0.396. The number of amides is 5. The molecule has 0 aliphatic carbocycles. The number of aliphatic hydroxyl groups excluding tert-OH is 3. The zero-order valence-electron chi connectivity index (χ0n) is 40.4. The van der Waals surface area contributed by atoms with Crippen LogP contribution in [0.3, 0.4) is 0 Å². The van der Waals surface area contributed by atoms with Gasteiger partial charge in [0.05, 0.1) is 62.5 Å². The van der Waals surface area contributed by atoms with Gasteiger partial charge in [-0.05, 0) is 72.9 Å². The third-order valence-electron chi connectivity index (χ3n) is 13.9. The number of likely N-dealkylation sites (tertiary alicyclic amines) is 2. The average molecular weight is 1020 g/mol. The Balaban J connectivity index is 0.806. The molecule has 6 heterocycles. The van der Waals surface area contributed by atoms with Crippen LogP contribution in [0.4, 0.5) is 0 Å². The van der Waals surface area contributed by atoms with Crippen LogP contribution in [0.25, 0.3) is 20.9 Å². The smallest absolute Gasteiger partial charge is 0.255 e. The van der Waals surface area contributed by atoms with Crippen molar-refractivity contribution in [3.63, 3.8) is 0 Å². The first-order valence-electron chi connectivity index (χ1n) is 24.2. The van der Waals surface area contributed by atoms with Crippen molar-refractivity contribution in [1.82, 2.24) is 40.5 Å². The number of fused-ring (bicyclic) bond motifs is 1. The third-order valence-corrected chi connectivity index (χ3v) is 15.8. The number of hydrogen-bond acceptors (Lipinski definition) is 14. The predicted octanol–water partition coefficient (Wildman–Crippen LogP) is 5.15. The fourth-order valence-corrected chi connectivity index (χ4v) is 11.8. The van der Waals surface area contributed by atoms with Crippen molar-refractivity contribution in [1.29, 1.82) is 0 Å². The molecule has 0 spiro atoms. The minimum absolute atomic E-state index is 0.0138. The van der Waals surface area contributed by atoms with Gasteiger partial charge >= 0.3 is 0 Å². The molecule has 0 saturated carbocycles. The first kappa shape index (κ1) is 50.3. The average Bonchev–Trinajstić information content (AvgIpc) is 4.26. The Morgan fingerprint density at radius 1 is 0.806 bits per heavy atom. The van der Waals surface area contributed by atoms with Gasteiger partial charge in [0.15, 0.2) is 0 Å². The number of β-amino-alcohol motifs (C(OH)–C–C–N with tert-alkyl or cyclic N) is 2. The SMILES string of the molecule is Cc1cc([C@@H](CCCc2ncsc2-c2ccc(CNC(=O)[C@@H]3[C@@H](O)[C@@H](O)CN3C(=O)[C@H](C(C)C)N3Cc4ccccc4C3=O)cc2)C(=O)N2C[C@H](O)C[C@H]2C(=O)NCc2ccc(-c3scnc3C)cc2)on1. The summed E-state index contributed by atoms with van der Waals surface area (Å²) in [6, 6.07) is 21.3. The molecule has 2 saturated heterocycles. The molecule has 9 rings (SSSR count). The monoisotopic (exact) mass is 1010 g/mol. The van der Waals surface area contributed by atoms with E-state index in [1.807, 2.05) is 86.9 Å². The Bertz CT molecular complexity index is 2940. The van der Waals surface area contributed by atoms with E-state index in [9.17, 15) is 39.3 Å². The van der Waals surface area contributed by atoms with Gasteiger partial charge in [0, 0.05) is 44.2 Å². The van der Waals surface area contributed by atoms with Gasteiger partial charge in [-0.2, -0.15) is 0 Å². The van der Waals surface area contributed by atoms with Gasteiger partial charge < -0.3 is 45.2 Å². The van der Waals surface area contributed by atoms with E-state index in [-0.39, 0.29) is 62.8 Å². The van der Waals surface area contributed by atoms with Crippen LogP contribution in [-0.4, -0.2) is 124 Å². The van der Waals surface area contributed by atoms with E-state index in [0.29, 0.717) is 36.3 Å². The summed E-state index contributed by atoms with van der Waals surface area (Å²) in [5, 5.41) is 42.3. The maximum absolute atomic E-state index is 14.4. The highest BCUT2D eigenvalue weighted by Gasteiger charge is 2.50. The summed E-state index contributed by atoms with van der Waals surface area (Å²) in [5.74, 6) is -2.78. The number of carbonyl (C=O) groups excluding carboxylic acids is 5. The Labute approximate surface area is 424 Å². The van der Waals surface area contributed by atoms with Gasteiger partial charge in [0.2, 0.25) is 23.6 Å². The van der Waals surface area contributed by atoms with E-state index in [2.05, 4.69) is 25.8 Å². The quantitative estimate of drug-likeness (QED) is 0.0799. The number of nitrogens with one attached hydrogen (secondary N) is 2. The maximum Gasteiger partial charge on any atom is 0.255 e. The largest absolute Gasteiger partial charge is 0.391 e. The summed E-state index contributed by atoms with van der Waals surface area (Å²) in [6.45, 7) is 7.73. The summed E-state index contributed by atoms with van der Waals surface area (Å²) >= 11 is 3.05. The molecular weight excluding hydrogens is 957 g/mol. The lowest BCUT2D eigenvalue weighted by Gasteiger charge is -2.35. The molecule has 3 aliphatic rings. The molecule has 3 aromatic carbocycles. The molecule has 6 aromatic rings. The summed E-state index contributed by atoms with van der Waals surface area (Å²) in [4.78, 5) is 84.7. The molecule has 0 unspecified atom stereocenters. The summed E-state index contributed by atoms with van der Waals surface area (Å²) in [5.41, 5.74) is 10.9. The van der Waals surface area contributed by atoms with Crippen LogP contribution in [0.15, 0.2) is 94.4 Å². The molecule has 7 atom stereocenters. The summed E-state index contributed by atoms with van der Waals surface area (Å²) in [6.07, 6.45) is -2.18. The van der Waals surface area contributed by atoms with Crippen LogP contribution in [0.5, 0.6) is 0 Å². The van der Waals surface area contributed by atoms with Crippen LogP contribution in [0.1, 0.15) is 88.9 Å². The first-order chi connectivity index (χ1) is 34.7. The molecule has 3 aliphatic heterocycles. The number of nitrogens with zero attached hydrogens (tertiary/aromatic N) is 6. The van der Waals surface area contributed by atoms with Crippen LogP contribution < -0.4 is 10.6 Å². The molecule has 0 bridgehead atoms. The van der Waals surface area contributed by atoms with Gasteiger partial charge in [0.1, 0.15) is 30.0 Å². The third kappa shape index (κ3) is 10.5. The predicted molar refractivity (Wildman–Crippen MR) is 269 cm³/mol. The topological polar surface area (TPSA) is 232 Å². The Morgan fingerprint density at radius 3 is 2.10 bits per heavy atom. The van der Waals surface area contributed by atoms with E-state index >= 15 is 0 Å². The van der Waals surface area contributed by atoms with Crippen molar-refractivity contribution >= 4 is 52.2 Å². The number of aryl methyl sites for hydroxylation is 3. The van der Waals surface area contributed by atoms with Crippen LogP contribution in [0.2, 0.25) is 0 Å². The van der Waals surface area contributed by atoms with Crippen molar-refractivity contribution in [2.24, 2.45) is 5.92 Å². The molecule has 19 heteroatoms. The second kappa shape index (κ2) is 21.6. The van der Waals surface area contributed by atoms with Crippen molar-refractivity contribution in [3.8, 4) is 20.9 Å². The molecule has 5 N–H and O–H groups in total. The number of benzene rings is 3. The van der Waals surface area contributed by atoms with Crippen molar-refractivity contribution in [2.45, 2.75) is 115 Å². The first-order valence-corrected chi connectivity index (χ1v) is 26.0. The van der Waals surface area contributed by atoms with E-state index in [1.165, 1.54) is 26.0 Å². The minimum Gasteiger partial charge on any atom is -0.391 e. The van der Waals surface area contributed by atoms with E-state index in [0.717, 1.165) is 49.0 Å². The van der Waals surface area contributed by atoms with Gasteiger partial charge in [0.25, 0.3) is 5.91 Å². The standard InChI is InChI=1S/C53H58N8O9S2/c1-29(2)44(60-24-36-8-5-6-9-38(36)51(60)67)53(69)61-26-42(63)46(64)45(61)50(66)55-23-33-14-18-35(19-15-33)48-40(57-28-72-48)11-7-10-39(43-20-30(3)58-70-43)52(68)59-25-37(62)21-41(59)49(65)54-22-32-12-16-34(17-13-32)47-31(4)56-27-71-47/h5-6,8-9,12-20,27-29,37,39,41-42,44-46,62-64H,7,10-11,21-26H2,1-4H3,(H,54,65)(H,55,66)/t37-,39-,41+,42+,44+,45+,46+/m1/s1. The maximum atomic E-state index is 14.4. The number of aliphatic hydroxyl groups is 3. The van der Waals surface area contributed by atoms with Crippen LogP contribution >= 0.6 is 22.7 Å². The molecule has 376 valence electrons. The fourth-order valence-electron chi connectivity index (χ4n) is 10.1. The highest BCUT2D eigenvalue weighted by Crippen LogP contribution is 2.35. The second-order valence-corrected chi connectivity index (χ2v) is 20.9. The van der Waals surface area contributed by atoms with Gasteiger partial charge in [-0.15, -0.1) is 22.7 Å². The second-order valence-electron chi connectivity index (χ2n) is 19.2. The van der Waals surface area contributed by atoms with Crippen molar-refractivity contribution in [2.75, 3.05) is 13.1 Å². The zero-order chi connectivity index (χ0) is 50.8. The summed E-state index contributed by atoms with van der Waals surface area (Å²) in [7, 11) is 0. The van der Waals surface area contributed by atoms with Crippen molar-refractivity contribution < 1.29 is 43.8 Å². The lowest BCUT2D eigenvalue weighted by atomic mass is 9.95. The van der Waals surface area contributed by atoms with Crippen molar-refractivity contribution in [3.05, 3.63) is 135 Å². The highest BCUT2D eigenvalue weighted by molar-refractivity contribution is 7.13. The molecule has 3 aromatic heterocycles. The Hall–Kier alpha value is -6.64. The van der Waals surface area contributed by atoms with E-state index < -0.39 is 54.2 Å². The van der Waals surface area contributed by atoms with Gasteiger partial charge in [-0.1, -0.05) is 85.7 Å². The van der Waals surface area contributed by atoms with Crippen LogP contribution in [-0.2, 0) is 45.2 Å². The number of aromatic nitrogens is 3. The number of rotatable bonds is 17. The molecule has 5 amide bonds. The summed E-state index contributed by atoms with van der Waals surface area (Å²) < 4.78 is 5.65. The van der Waals surface area contributed by atoms with E-state index in [1.54, 1.807) is 42.0 Å². The van der Waals surface area contributed by atoms with E-state index in [4.69, 9.17) is 4.52 Å². The van der Waals surface area contributed by atoms with Gasteiger partial charge in [-0.25, -0.2) is 9.97 Å². The lowest BCUT2D eigenvalue weighted by Crippen LogP contribution is -2.57. The lowest BCUT2D eigenvalue weighted by molar-refractivity contribution is -0.145. The molecule has 0 radical (unpaired) electrons. The number of hydrogen-bond donors (Lipinski definition) is 5.